The molecular formula is C32H31FN2O6. The van der Waals surface area contributed by atoms with Crippen LogP contribution in [0.15, 0.2) is 60.7 Å². The van der Waals surface area contributed by atoms with Crippen LogP contribution in [0.1, 0.15) is 53.6 Å². The number of carbonyl (C=O) groups excluding carboxylic acids is 1. The monoisotopic (exact) mass is 558 g/mol. The Morgan fingerprint density at radius 1 is 0.805 bits per heavy atom. The number of carbonyl (C=O) groups is 1. The van der Waals surface area contributed by atoms with Gasteiger partial charge >= 0.3 is 5.97 Å². The first-order valence-corrected chi connectivity index (χ1v) is 13.2. The van der Waals surface area contributed by atoms with E-state index >= 15 is 0 Å². The van der Waals surface area contributed by atoms with E-state index in [1.54, 1.807) is 79.8 Å². The summed E-state index contributed by atoms with van der Waals surface area (Å²) in [6, 6.07) is 16.1. The summed E-state index contributed by atoms with van der Waals surface area (Å²) in [5.41, 5.74) is 2.83. The highest BCUT2D eigenvalue weighted by Gasteiger charge is 2.15. The normalized spacial score (nSPS) is 11.3. The summed E-state index contributed by atoms with van der Waals surface area (Å²) < 4.78 is 32.1. The topological polar surface area (TPSA) is 103 Å². The quantitative estimate of drug-likeness (QED) is 0.197. The molecule has 0 amide bonds. The molecule has 0 aliphatic heterocycles. The first-order chi connectivity index (χ1) is 19.8. The minimum Gasteiger partial charge on any atom is -0.504 e. The number of phenols is 2. The van der Waals surface area contributed by atoms with Crippen LogP contribution in [0.4, 0.5) is 4.39 Å². The highest BCUT2D eigenvalue weighted by atomic mass is 19.1. The van der Waals surface area contributed by atoms with Gasteiger partial charge in [-0.2, -0.15) is 5.10 Å². The molecule has 0 saturated carbocycles. The lowest BCUT2D eigenvalue weighted by atomic mass is 10.1. The highest BCUT2D eigenvalue weighted by Crippen LogP contribution is 2.29. The van der Waals surface area contributed by atoms with E-state index in [2.05, 4.69) is 5.10 Å². The molecule has 4 aromatic rings. The Balaban J connectivity index is 1.70. The van der Waals surface area contributed by atoms with Gasteiger partial charge in [-0.25, -0.2) is 13.9 Å². The molecular weight excluding hydrogens is 527 g/mol. The van der Waals surface area contributed by atoms with Gasteiger partial charge in [-0.1, -0.05) is 24.3 Å². The molecule has 0 radical (unpaired) electrons. The first-order valence-electron chi connectivity index (χ1n) is 13.2. The second-order valence-electron chi connectivity index (χ2n) is 8.78. The average Bonchev–Trinajstić information content (AvgIpc) is 3.36. The third-order valence-electron chi connectivity index (χ3n) is 5.91. The summed E-state index contributed by atoms with van der Waals surface area (Å²) >= 11 is 0. The summed E-state index contributed by atoms with van der Waals surface area (Å²) in [6.45, 7) is 6.33. The predicted molar refractivity (Wildman–Crippen MR) is 156 cm³/mol. The van der Waals surface area contributed by atoms with Crippen molar-refractivity contribution in [3.05, 3.63) is 94.6 Å². The molecule has 0 spiro atoms. The van der Waals surface area contributed by atoms with E-state index < -0.39 is 11.8 Å². The number of phenolic OH excluding ortho intramolecular Hbond substituents is 2. The van der Waals surface area contributed by atoms with Gasteiger partial charge in [-0.05, 0) is 86.5 Å². The molecule has 8 nitrogen and oxygen atoms in total. The number of nitrogens with zero attached hydrogens (tertiary/aromatic N) is 2. The van der Waals surface area contributed by atoms with Crippen LogP contribution in [0.5, 0.6) is 23.0 Å². The van der Waals surface area contributed by atoms with Crippen molar-refractivity contribution >= 4 is 30.3 Å². The standard InChI is InChI=1S/C32H31FN2O6/c1-4-39-30-15-9-21(17-28(30)36)7-11-23-19-24(12-8-22-10-16-31(40-5-2)29(37)18-22)35(34-23)25-13-14-26(27(33)20-25)32(38)41-6-3/h7-20,36-37H,4-6H2,1-3H3/b11-7+,12-8+. The molecule has 0 fully saturated rings. The van der Waals surface area contributed by atoms with Gasteiger partial charge in [0.15, 0.2) is 23.0 Å². The second-order valence-corrected chi connectivity index (χ2v) is 8.78. The van der Waals surface area contributed by atoms with Crippen LogP contribution in [0.3, 0.4) is 0 Å². The van der Waals surface area contributed by atoms with Crippen LogP contribution >= 0.6 is 0 Å². The molecule has 1 aromatic heterocycles. The van der Waals surface area contributed by atoms with Gasteiger partial charge in [0, 0.05) is 6.07 Å². The Kier molecular flexibility index (Phi) is 9.42. The van der Waals surface area contributed by atoms with Crippen LogP contribution in [-0.2, 0) is 4.74 Å². The lowest BCUT2D eigenvalue weighted by Crippen LogP contribution is -2.08. The number of halogens is 1. The van der Waals surface area contributed by atoms with E-state index in [0.29, 0.717) is 47.4 Å². The van der Waals surface area contributed by atoms with Gasteiger partial charge in [0.25, 0.3) is 0 Å². The maximum atomic E-state index is 14.9. The van der Waals surface area contributed by atoms with Gasteiger partial charge in [0.2, 0.25) is 0 Å². The fourth-order valence-electron chi connectivity index (χ4n) is 4.03. The molecule has 212 valence electrons. The molecule has 3 aromatic carbocycles. The molecule has 0 aliphatic rings. The van der Waals surface area contributed by atoms with Crippen LogP contribution in [0, 0.1) is 5.82 Å². The van der Waals surface area contributed by atoms with E-state index in [1.807, 2.05) is 13.8 Å². The van der Waals surface area contributed by atoms with E-state index in [0.717, 1.165) is 5.56 Å². The molecule has 0 atom stereocenters. The average molecular weight is 559 g/mol. The van der Waals surface area contributed by atoms with Crippen molar-refractivity contribution in [2.75, 3.05) is 19.8 Å². The summed E-state index contributed by atoms with van der Waals surface area (Å²) in [7, 11) is 0. The molecule has 0 unspecified atom stereocenters. The zero-order valence-electron chi connectivity index (χ0n) is 23.0. The van der Waals surface area contributed by atoms with Gasteiger partial charge in [-0.15, -0.1) is 0 Å². The number of ether oxygens (including phenoxy) is 3. The smallest absolute Gasteiger partial charge is 0.341 e. The van der Waals surface area contributed by atoms with E-state index in [-0.39, 0.29) is 23.7 Å². The Bertz CT molecular complexity index is 1590. The molecule has 9 heteroatoms. The summed E-state index contributed by atoms with van der Waals surface area (Å²) in [5.74, 6) is -0.644. The number of hydrogen-bond acceptors (Lipinski definition) is 7. The van der Waals surface area contributed by atoms with Gasteiger partial charge < -0.3 is 24.4 Å². The van der Waals surface area contributed by atoms with Crippen LogP contribution < -0.4 is 9.47 Å². The Morgan fingerprint density at radius 3 is 1.95 bits per heavy atom. The van der Waals surface area contributed by atoms with Crippen molar-refractivity contribution < 1.29 is 33.6 Å². The summed E-state index contributed by atoms with van der Waals surface area (Å²) in [5, 5.41) is 25.1. The van der Waals surface area contributed by atoms with Crippen LogP contribution in [-0.4, -0.2) is 45.8 Å². The Morgan fingerprint density at radius 2 is 1.41 bits per heavy atom. The molecule has 0 aliphatic carbocycles. The number of rotatable bonds is 11. The van der Waals surface area contributed by atoms with Gasteiger partial charge in [0.1, 0.15) is 5.82 Å². The number of aromatic hydroxyl groups is 2. The van der Waals surface area contributed by atoms with Crippen molar-refractivity contribution in [3.8, 4) is 28.7 Å². The fraction of sp³-hybridized carbons (Fsp3) is 0.188. The first kappa shape index (κ1) is 28.9. The Hall–Kier alpha value is -5.05. The SMILES string of the molecule is CCOC(=O)c1ccc(-n2nc(/C=C/c3ccc(OCC)c(O)c3)cc2/C=C/c2ccc(OCC)c(O)c2)cc1F. The molecule has 4 rings (SSSR count). The van der Waals surface area contributed by atoms with E-state index in [9.17, 15) is 19.4 Å². The lowest BCUT2D eigenvalue weighted by Gasteiger charge is -2.08. The maximum Gasteiger partial charge on any atom is 0.341 e. The second kappa shape index (κ2) is 13.3. The minimum absolute atomic E-state index is 0.0152. The summed E-state index contributed by atoms with van der Waals surface area (Å²) in [4.78, 5) is 12.1. The third-order valence-corrected chi connectivity index (χ3v) is 5.91. The predicted octanol–water partition coefficient (Wildman–Crippen LogP) is 6.74. The van der Waals surface area contributed by atoms with Crippen molar-refractivity contribution in [1.29, 1.82) is 0 Å². The maximum absolute atomic E-state index is 14.9. The zero-order valence-corrected chi connectivity index (χ0v) is 23.0. The van der Waals surface area contributed by atoms with Crippen molar-refractivity contribution in [1.82, 2.24) is 9.78 Å². The number of aromatic nitrogens is 2. The largest absolute Gasteiger partial charge is 0.504 e. The van der Waals surface area contributed by atoms with E-state index in [4.69, 9.17) is 14.2 Å². The molecule has 0 bridgehead atoms. The number of benzene rings is 3. The third kappa shape index (κ3) is 7.13. The Labute approximate surface area is 237 Å². The fourth-order valence-corrected chi connectivity index (χ4v) is 4.03. The summed E-state index contributed by atoms with van der Waals surface area (Å²) in [6.07, 6.45) is 7.10. The van der Waals surface area contributed by atoms with Gasteiger partial charge in [-0.3, -0.25) is 0 Å². The highest BCUT2D eigenvalue weighted by molar-refractivity contribution is 5.90. The van der Waals surface area contributed by atoms with Crippen molar-refractivity contribution in [3.63, 3.8) is 0 Å². The number of hydrogen-bond donors (Lipinski definition) is 2. The molecule has 2 N–H and O–H groups in total. The van der Waals surface area contributed by atoms with Crippen molar-refractivity contribution in [2.45, 2.75) is 20.8 Å². The molecule has 41 heavy (non-hydrogen) atoms. The van der Waals surface area contributed by atoms with Crippen LogP contribution in [0.2, 0.25) is 0 Å². The molecule has 0 saturated heterocycles. The lowest BCUT2D eigenvalue weighted by molar-refractivity contribution is 0.0521. The van der Waals surface area contributed by atoms with Crippen molar-refractivity contribution in [2.24, 2.45) is 0 Å². The van der Waals surface area contributed by atoms with Crippen LogP contribution in [0.25, 0.3) is 30.0 Å². The number of esters is 1. The minimum atomic E-state index is -0.741. The van der Waals surface area contributed by atoms with Gasteiger partial charge in [0.05, 0.1) is 42.5 Å². The molecule has 1 heterocycles. The zero-order chi connectivity index (χ0) is 29.4. The van der Waals surface area contributed by atoms with E-state index in [1.165, 1.54) is 16.8 Å².